The molecule has 0 aromatic carbocycles. The largest absolute Gasteiger partial charge is 0.458 e. The Morgan fingerprint density at radius 3 is 2.63 bits per heavy atom. The van der Waals surface area contributed by atoms with E-state index >= 15 is 0 Å². The molecule has 1 aliphatic heterocycles. The van der Waals surface area contributed by atoms with Crippen molar-refractivity contribution in [2.45, 2.75) is 70.8 Å². The maximum Gasteiger partial charge on any atom is 0.306 e. The molecule has 0 bridgehead atoms. The second-order valence-corrected chi connectivity index (χ2v) is 10.5. The third-order valence-electron chi connectivity index (χ3n) is 9.45. The van der Waals surface area contributed by atoms with Gasteiger partial charge in [-0.25, -0.2) is 0 Å². The number of carbonyl (C=O) groups is 2. The van der Waals surface area contributed by atoms with Crippen molar-refractivity contribution in [2.75, 3.05) is 0 Å². The Balaban J connectivity index is 1.47. The van der Waals surface area contributed by atoms with Crippen molar-refractivity contribution in [3.63, 3.8) is 0 Å². The highest BCUT2D eigenvalue weighted by Crippen LogP contribution is 2.74. The number of hydrogen-bond acceptors (Lipinski definition) is 3. The van der Waals surface area contributed by atoms with Crippen LogP contribution in [-0.4, -0.2) is 17.4 Å². The summed E-state index contributed by atoms with van der Waals surface area (Å²) in [5, 5.41) is 0. The van der Waals surface area contributed by atoms with Crippen LogP contribution in [-0.2, 0) is 14.3 Å². The molecule has 1 heterocycles. The summed E-state index contributed by atoms with van der Waals surface area (Å²) >= 11 is 0. The van der Waals surface area contributed by atoms with Crippen molar-refractivity contribution in [2.24, 2.45) is 28.1 Å². The third-order valence-corrected chi connectivity index (χ3v) is 9.45. The van der Waals surface area contributed by atoms with Crippen molar-refractivity contribution in [3.05, 3.63) is 35.5 Å². The molecule has 1 saturated heterocycles. The smallest absolute Gasteiger partial charge is 0.306 e. The number of rotatable bonds is 0. The summed E-state index contributed by atoms with van der Waals surface area (Å²) < 4.78 is 6.04. The van der Waals surface area contributed by atoms with Gasteiger partial charge in [-0.15, -0.1) is 0 Å². The highest BCUT2D eigenvalue weighted by atomic mass is 16.6. The van der Waals surface area contributed by atoms with Gasteiger partial charge < -0.3 is 4.74 Å². The van der Waals surface area contributed by atoms with Gasteiger partial charge in [0.15, 0.2) is 5.78 Å². The van der Waals surface area contributed by atoms with Gasteiger partial charge in [-0.2, -0.15) is 0 Å². The lowest BCUT2D eigenvalue weighted by atomic mass is 9.49. The molecule has 27 heavy (non-hydrogen) atoms. The molecule has 0 amide bonds. The number of fused-ring (bicyclic) bond motifs is 7. The van der Waals surface area contributed by atoms with Crippen LogP contribution < -0.4 is 0 Å². The van der Waals surface area contributed by atoms with Gasteiger partial charge in [0.2, 0.25) is 0 Å². The van der Waals surface area contributed by atoms with Gasteiger partial charge in [0, 0.05) is 17.3 Å². The molecule has 6 aliphatic rings. The Hall–Kier alpha value is -1.64. The van der Waals surface area contributed by atoms with Crippen LogP contribution in [0, 0.1) is 28.1 Å². The van der Waals surface area contributed by atoms with Crippen LogP contribution in [0.1, 0.15) is 65.2 Å². The normalized spacial score (nSPS) is 48.7. The maximum absolute atomic E-state index is 12.1. The Labute approximate surface area is 160 Å². The second kappa shape index (κ2) is 4.67. The zero-order valence-corrected chi connectivity index (χ0v) is 16.3. The summed E-state index contributed by atoms with van der Waals surface area (Å²) in [7, 11) is 0. The molecule has 0 radical (unpaired) electrons. The fraction of sp³-hybridized carbons (Fsp3) is 0.667. The summed E-state index contributed by atoms with van der Waals surface area (Å²) in [6, 6.07) is 0. The molecule has 142 valence electrons. The van der Waals surface area contributed by atoms with Gasteiger partial charge in [0.1, 0.15) is 5.60 Å². The molecule has 0 N–H and O–H groups in total. The summed E-state index contributed by atoms with van der Waals surface area (Å²) in [5.41, 5.74) is 2.92. The van der Waals surface area contributed by atoms with Gasteiger partial charge in [-0.1, -0.05) is 24.6 Å². The molecule has 4 fully saturated rings. The Morgan fingerprint density at radius 2 is 1.93 bits per heavy atom. The van der Waals surface area contributed by atoms with E-state index in [0.717, 1.165) is 19.3 Å². The first kappa shape index (κ1) is 16.3. The molecule has 5 unspecified atom stereocenters. The van der Waals surface area contributed by atoms with E-state index in [9.17, 15) is 9.59 Å². The average molecular weight is 364 g/mol. The number of ether oxygens (including phenoxy) is 1. The summed E-state index contributed by atoms with van der Waals surface area (Å²) in [6.45, 7) is 4.73. The number of esters is 1. The lowest BCUT2D eigenvalue weighted by Crippen LogP contribution is -2.51. The van der Waals surface area contributed by atoms with E-state index in [4.69, 9.17) is 4.74 Å². The highest BCUT2D eigenvalue weighted by molar-refractivity contribution is 6.01. The van der Waals surface area contributed by atoms with Crippen molar-refractivity contribution in [1.29, 1.82) is 0 Å². The van der Waals surface area contributed by atoms with Crippen LogP contribution in [0.25, 0.3) is 0 Å². The zero-order valence-electron chi connectivity index (χ0n) is 16.3. The fourth-order valence-electron chi connectivity index (χ4n) is 7.84. The number of hydrogen-bond donors (Lipinski definition) is 0. The molecular weight excluding hydrogens is 336 g/mol. The van der Waals surface area contributed by atoms with Crippen molar-refractivity contribution < 1.29 is 14.3 Å². The third kappa shape index (κ3) is 1.80. The first-order chi connectivity index (χ1) is 12.8. The second-order valence-electron chi connectivity index (χ2n) is 10.5. The number of allylic oxidation sites excluding steroid dienone is 6. The lowest BCUT2D eigenvalue weighted by Gasteiger charge is -2.56. The van der Waals surface area contributed by atoms with E-state index in [2.05, 4.69) is 26.0 Å². The summed E-state index contributed by atoms with van der Waals surface area (Å²) in [5.74, 6) is 1.31. The van der Waals surface area contributed by atoms with Crippen LogP contribution in [0.15, 0.2) is 35.5 Å². The SMILES string of the molecule is CC12C=CC(=O)C=C1C1(CC1)CC1C2=CCC2(C)C1CCC21CCC(=O)O1. The molecular formula is C24H28O3. The Bertz CT molecular complexity index is 872. The monoisotopic (exact) mass is 364 g/mol. The zero-order chi connectivity index (χ0) is 18.7. The van der Waals surface area contributed by atoms with E-state index in [1.807, 2.05) is 6.08 Å². The molecule has 2 spiro atoms. The van der Waals surface area contributed by atoms with Gasteiger partial charge in [-0.3, -0.25) is 9.59 Å². The highest BCUT2D eigenvalue weighted by Gasteiger charge is 2.68. The number of carbonyl (C=O) groups excluding carboxylic acids is 2. The molecule has 3 nitrogen and oxygen atoms in total. The molecule has 5 atom stereocenters. The minimum atomic E-state index is -0.233. The van der Waals surface area contributed by atoms with Gasteiger partial charge in [0.25, 0.3) is 0 Å². The van der Waals surface area contributed by atoms with Crippen molar-refractivity contribution >= 4 is 11.8 Å². The van der Waals surface area contributed by atoms with Crippen LogP contribution in [0.4, 0.5) is 0 Å². The predicted molar refractivity (Wildman–Crippen MR) is 102 cm³/mol. The van der Waals surface area contributed by atoms with E-state index < -0.39 is 0 Å². The topological polar surface area (TPSA) is 43.4 Å². The van der Waals surface area contributed by atoms with Gasteiger partial charge in [0.05, 0.1) is 0 Å². The average Bonchev–Trinajstić information content (AvgIpc) is 3.19. The standard InChI is InChI=1S/C24H28O3/c1-21-7-3-15(25)13-19(21)23(11-12-23)14-16-17(21)4-8-22(2)18(16)5-9-24(22)10-6-20(26)27-24/h3-4,7,13,16,18H,5-6,8-12,14H2,1-2H3. The van der Waals surface area contributed by atoms with Crippen molar-refractivity contribution in [1.82, 2.24) is 0 Å². The Kier molecular flexibility index (Phi) is 2.82. The van der Waals surface area contributed by atoms with Crippen LogP contribution >= 0.6 is 0 Å². The first-order valence-corrected chi connectivity index (χ1v) is 10.7. The predicted octanol–water partition coefficient (Wildman–Crippen LogP) is 4.68. The number of ketones is 1. The Morgan fingerprint density at radius 1 is 1.11 bits per heavy atom. The lowest BCUT2D eigenvalue weighted by molar-refractivity contribution is -0.160. The van der Waals surface area contributed by atoms with Crippen LogP contribution in [0.3, 0.4) is 0 Å². The van der Waals surface area contributed by atoms with Crippen molar-refractivity contribution in [3.8, 4) is 0 Å². The van der Waals surface area contributed by atoms with Crippen LogP contribution in [0.5, 0.6) is 0 Å². The maximum atomic E-state index is 12.1. The summed E-state index contributed by atoms with van der Waals surface area (Å²) in [6.07, 6.45) is 16.7. The van der Waals surface area contributed by atoms with E-state index in [-0.39, 0.29) is 33.6 Å². The quantitative estimate of drug-likeness (QED) is 0.463. The molecule has 0 aromatic rings. The fourth-order valence-corrected chi connectivity index (χ4v) is 7.84. The van der Waals surface area contributed by atoms with Crippen LogP contribution in [0.2, 0.25) is 0 Å². The minimum Gasteiger partial charge on any atom is -0.458 e. The van der Waals surface area contributed by atoms with E-state index in [0.29, 0.717) is 18.3 Å². The molecule has 0 aromatic heterocycles. The molecule has 3 saturated carbocycles. The van der Waals surface area contributed by atoms with Gasteiger partial charge >= 0.3 is 5.97 Å². The van der Waals surface area contributed by atoms with E-state index in [1.165, 1.54) is 31.3 Å². The molecule has 5 aliphatic carbocycles. The minimum absolute atomic E-state index is 0.000124. The molecule has 3 heteroatoms. The summed E-state index contributed by atoms with van der Waals surface area (Å²) in [4.78, 5) is 24.1. The van der Waals surface area contributed by atoms with Gasteiger partial charge in [-0.05, 0) is 86.8 Å². The van der Waals surface area contributed by atoms with E-state index in [1.54, 1.807) is 11.6 Å². The molecule has 6 rings (SSSR count). The first-order valence-electron chi connectivity index (χ1n) is 10.7.